The maximum absolute atomic E-state index is 13.5. The SMILES string of the molecule is CCC(C)NC(=O)C(C)N(Cc1ccccc1Cl)C(=O)CN(c1ccccc1Cl)S(C)(=O)=O. The van der Waals surface area contributed by atoms with Crippen molar-refractivity contribution >= 4 is 50.7 Å². The Hall–Kier alpha value is -2.29. The van der Waals surface area contributed by atoms with E-state index in [1.807, 2.05) is 13.8 Å². The number of nitrogens with one attached hydrogen (secondary N) is 1. The first kappa shape index (κ1) is 27.0. The van der Waals surface area contributed by atoms with Gasteiger partial charge in [0.1, 0.15) is 12.6 Å². The van der Waals surface area contributed by atoms with Crippen molar-refractivity contribution in [3.8, 4) is 0 Å². The Kier molecular flexibility index (Phi) is 9.57. The fraction of sp³-hybridized carbons (Fsp3) is 0.391. The number of carbonyl (C=O) groups excluding carboxylic acids is 2. The number of nitrogens with zero attached hydrogens (tertiary/aromatic N) is 2. The molecule has 0 radical (unpaired) electrons. The summed E-state index contributed by atoms with van der Waals surface area (Å²) in [5, 5.41) is 3.50. The zero-order valence-corrected chi connectivity index (χ0v) is 21.4. The number of benzene rings is 2. The standard InChI is InChI=1S/C23H29Cl2N3O4S/c1-5-16(2)26-23(30)17(3)27(14-18-10-6-7-11-19(18)24)22(29)15-28(33(4,31)32)21-13-9-8-12-20(21)25/h6-13,16-17H,5,14-15H2,1-4H3,(H,26,30). The van der Waals surface area contributed by atoms with E-state index < -0.39 is 28.5 Å². The smallest absolute Gasteiger partial charge is 0.244 e. The fourth-order valence-corrected chi connectivity index (χ4v) is 4.45. The molecule has 2 unspecified atom stereocenters. The molecule has 0 fully saturated rings. The van der Waals surface area contributed by atoms with Gasteiger partial charge in [0.15, 0.2) is 0 Å². The van der Waals surface area contributed by atoms with Crippen molar-refractivity contribution < 1.29 is 18.0 Å². The lowest BCUT2D eigenvalue weighted by atomic mass is 10.1. The predicted octanol–water partition coefficient (Wildman–Crippen LogP) is 4.09. The summed E-state index contributed by atoms with van der Waals surface area (Å²) < 4.78 is 26.0. The number of rotatable bonds is 10. The zero-order chi connectivity index (χ0) is 24.8. The average molecular weight is 514 g/mol. The molecule has 180 valence electrons. The van der Waals surface area contributed by atoms with Crippen molar-refractivity contribution in [3.05, 3.63) is 64.1 Å². The van der Waals surface area contributed by atoms with E-state index in [1.54, 1.807) is 49.4 Å². The van der Waals surface area contributed by atoms with Crippen LogP contribution >= 0.6 is 23.2 Å². The van der Waals surface area contributed by atoms with Crippen LogP contribution in [0.15, 0.2) is 48.5 Å². The average Bonchev–Trinajstić information content (AvgIpc) is 2.76. The molecule has 0 aliphatic heterocycles. The van der Waals surface area contributed by atoms with Crippen molar-refractivity contribution in [2.45, 2.75) is 45.8 Å². The van der Waals surface area contributed by atoms with Crippen LogP contribution in [0.3, 0.4) is 0 Å². The highest BCUT2D eigenvalue weighted by Gasteiger charge is 2.31. The minimum absolute atomic E-state index is 0.0354. The quantitative estimate of drug-likeness (QED) is 0.518. The molecule has 0 saturated carbocycles. The van der Waals surface area contributed by atoms with E-state index in [0.29, 0.717) is 10.6 Å². The van der Waals surface area contributed by atoms with Gasteiger partial charge in [-0.3, -0.25) is 13.9 Å². The summed E-state index contributed by atoms with van der Waals surface area (Å²) in [6, 6.07) is 12.4. The maximum atomic E-state index is 13.5. The van der Waals surface area contributed by atoms with E-state index >= 15 is 0 Å². The third kappa shape index (κ3) is 7.35. The molecule has 7 nitrogen and oxygen atoms in total. The van der Waals surface area contributed by atoms with Crippen molar-refractivity contribution in [2.24, 2.45) is 0 Å². The number of halogens is 2. The second-order valence-electron chi connectivity index (χ2n) is 7.83. The molecule has 1 N–H and O–H groups in total. The van der Waals surface area contributed by atoms with Crippen LogP contribution in [0.25, 0.3) is 0 Å². The highest BCUT2D eigenvalue weighted by Crippen LogP contribution is 2.27. The minimum atomic E-state index is -3.84. The Balaban J connectivity index is 2.41. The van der Waals surface area contributed by atoms with Gasteiger partial charge in [-0.15, -0.1) is 0 Å². The molecule has 0 saturated heterocycles. The van der Waals surface area contributed by atoms with Gasteiger partial charge < -0.3 is 10.2 Å². The summed E-state index contributed by atoms with van der Waals surface area (Å²) in [5.74, 6) is -0.902. The highest BCUT2D eigenvalue weighted by molar-refractivity contribution is 7.92. The third-order valence-corrected chi connectivity index (χ3v) is 7.08. The molecule has 2 amide bonds. The Labute approximate surface area is 205 Å². The molecule has 2 rings (SSSR count). The molecule has 0 bridgehead atoms. The Morgan fingerprint density at radius 2 is 1.58 bits per heavy atom. The van der Waals surface area contributed by atoms with Crippen LogP contribution in [-0.4, -0.2) is 50.0 Å². The molecule has 2 aromatic rings. The van der Waals surface area contributed by atoms with Crippen LogP contribution < -0.4 is 9.62 Å². The molecule has 2 atom stereocenters. The van der Waals surface area contributed by atoms with Crippen LogP contribution in [0.5, 0.6) is 0 Å². The molecular weight excluding hydrogens is 485 g/mol. The summed E-state index contributed by atoms with van der Waals surface area (Å²) in [7, 11) is -3.84. The van der Waals surface area contributed by atoms with Crippen LogP contribution in [0.1, 0.15) is 32.8 Å². The van der Waals surface area contributed by atoms with E-state index in [0.717, 1.165) is 17.0 Å². The summed E-state index contributed by atoms with van der Waals surface area (Å²) in [4.78, 5) is 27.6. The second-order valence-corrected chi connectivity index (χ2v) is 10.5. The van der Waals surface area contributed by atoms with Gasteiger partial charge in [-0.2, -0.15) is 0 Å². The second kappa shape index (κ2) is 11.7. The molecule has 0 aromatic heterocycles. The van der Waals surface area contributed by atoms with E-state index in [1.165, 1.54) is 11.0 Å². The molecule has 10 heteroatoms. The number of hydrogen-bond acceptors (Lipinski definition) is 4. The lowest BCUT2D eigenvalue weighted by Crippen LogP contribution is -2.52. The van der Waals surface area contributed by atoms with Crippen molar-refractivity contribution in [1.29, 1.82) is 0 Å². The summed E-state index contributed by atoms with van der Waals surface area (Å²) in [5.41, 5.74) is 0.823. The molecule has 0 heterocycles. The van der Waals surface area contributed by atoms with Crippen molar-refractivity contribution in [1.82, 2.24) is 10.2 Å². The van der Waals surface area contributed by atoms with Crippen LogP contribution in [-0.2, 0) is 26.2 Å². The Morgan fingerprint density at radius 3 is 2.12 bits per heavy atom. The van der Waals surface area contributed by atoms with Gasteiger partial charge in [-0.05, 0) is 44.0 Å². The van der Waals surface area contributed by atoms with E-state index in [-0.39, 0.29) is 29.2 Å². The summed E-state index contributed by atoms with van der Waals surface area (Å²) in [6.07, 6.45) is 1.73. The fourth-order valence-electron chi connectivity index (χ4n) is 3.11. The number of carbonyl (C=O) groups is 2. The lowest BCUT2D eigenvalue weighted by Gasteiger charge is -2.32. The van der Waals surface area contributed by atoms with Gasteiger partial charge in [-0.25, -0.2) is 8.42 Å². The number of hydrogen-bond donors (Lipinski definition) is 1. The topological polar surface area (TPSA) is 86.8 Å². The van der Waals surface area contributed by atoms with Crippen molar-refractivity contribution in [3.63, 3.8) is 0 Å². The predicted molar refractivity (Wildman–Crippen MR) is 133 cm³/mol. The molecule has 0 aliphatic rings. The Bertz CT molecular complexity index is 1090. The molecule has 2 aromatic carbocycles. The summed E-state index contributed by atoms with van der Waals surface area (Å²) >= 11 is 12.5. The van der Waals surface area contributed by atoms with Gasteiger partial charge >= 0.3 is 0 Å². The van der Waals surface area contributed by atoms with Gasteiger partial charge in [0, 0.05) is 17.6 Å². The highest BCUT2D eigenvalue weighted by atomic mass is 35.5. The van der Waals surface area contributed by atoms with Gasteiger partial charge in [0.25, 0.3) is 0 Å². The Morgan fingerprint density at radius 1 is 1.00 bits per heavy atom. The first-order chi connectivity index (χ1) is 15.5. The van der Waals surface area contributed by atoms with Crippen LogP contribution in [0.4, 0.5) is 5.69 Å². The number of sulfonamides is 1. The third-order valence-electron chi connectivity index (χ3n) is 5.27. The molecule has 0 aliphatic carbocycles. The number of anilines is 1. The van der Waals surface area contributed by atoms with Crippen molar-refractivity contribution in [2.75, 3.05) is 17.1 Å². The zero-order valence-electron chi connectivity index (χ0n) is 19.1. The van der Waals surface area contributed by atoms with E-state index in [2.05, 4.69) is 5.32 Å². The van der Waals surface area contributed by atoms with E-state index in [9.17, 15) is 18.0 Å². The van der Waals surface area contributed by atoms with Gasteiger partial charge in [0.05, 0.1) is 17.0 Å². The maximum Gasteiger partial charge on any atom is 0.244 e. The largest absolute Gasteiger partial charge is 0.352 e. The van der Waals surface area contributed by atoms with Gasteiger partial charge in [-0.1, -0.05) is 60.5 Å². The van der Waals surface area contributed by atoms with Gasteiger partial charge in [0.2, 0.25) is 21.8 Å². The molecule has 0 spiro atoms. The molecular formula is C23H29Cl2N3O4S. The van der Waals surface area contributed by atoms with E-state index in [4.69, 9.17) is 23.2 Å². The number of para-hydroxylation sites is 1. The monoisotopic (exact) mass is 513 g/mol. The summed E-state index contributed by atoms with van der Waals surface area (Å²) in [6.45, 7) is 4.93. The van der Waals surface area contributed by atoms with Crippen LogP contribution in [0, 0.1) is 0 Å². The molecule has 33 heavy (non-hydrogen) atoms. The van der Waals surface area contributed by atoms with Crippen LogP contribution in [0.2, 0.25) is 10.0 Å². The first-order valence-electron chi connectivity index (χ1n) is 10.5. The first-order valence-corrected chi connectivity index (χ1v) is 13.1. The normalized spacial score (nSPS) is 13.2. The number of amides is 2. The lowest BCUT2D eigenvalue weighted by molar-refractivity contribution is -0.139. The minimum Gasteiger partial charge on any atom is -0.352 e.